The summed E-state index contributed by atoms with van der Waals surface area (Å²) in [6, 6.07) is 9.90. The van der Waals surface area contributed by atoms with Crippen molar-refractivity contribution in [2.75, 3.05) is 35.3 Å². The van der Waals surface area contributed by atoms with Crippen LogP contribution in [0.4, 0.5) is 20.3 Å². The van der Waals surface area contributed by atoms with Crippen molar-refractivity contribution in [2.24, 2.45) is 11.8 Å². The number of fused-ring (bicyclic) bond motifs is 1. The van der Waals surface area contributed by atoms with Gasteiger partial charge in [-0.3, -0.25) is 14.0 Å². The van der Waals surface area contributed by atoms with Gasteiger partial charge in [-0.05, 0) is 92.9 Å². The second kappa shape index (κ2) is 8.80. The van der Waals surface area contributed by atoms with Gasteiger partial charge in [0.2, 0.25) is 0 Å². The molecule has 10 heteroatoms. The highest BCUT2D eigenvalue weighted by Gasteiger charge is 2.59. The monoisotopic (exact) mass is 522 g/mol. The number of benzene rings is 1. The Hall–Kier alpha value is -1.98. The molecule has 2 aromatic rings. The van der Waals surface area contributed by atoms with Gasteiger partial charge in [0.25, 0.3) is 5.92 Å². The molecule has 0 radical (unpaired) electrons. The maximum atomic E-state index is 13.6. The van der Waals surface area contributed by atoms with E-state index in [1.54, 1.807) is 6.07 Å². The molecule has 1 aromatic heterocycles. The number of alkyl halides is 2. The summed E-state index contributed by atoms with van der Waals surface area (Å²) in [5.74, 6) is -2.93. The SMILES string of the molecule is Cc1ccc(CN2CCC(C(C)(C)O)CC2)cc1-c1ccc2c(n1)N(C)S(O)(O)N2CC1CC1(F)F. The van der Waals surface area contributed by atoms with Gasteiger partial charge in [0.1, 0.15) is 5.69 Å². The molecule has 1 atom stereocenters. The molecule has 36 heavy (non-hydrogen) atoms. The number of pyridine rings is 1. The average molecular weight is 523 g/mol. The molecule has 198 valence electrons. The second-order valence-corrected chi connectivity index (χ2v) is 13.1. The molecule has 3 heterocycles. The highest BCUT2D eigenvalue weighted by atomic mass is 32.3. The van der Waals surface area contributed by atoms with E-state index in [9.17, 15) is 23.0 Å². The third-order valence-electron chi connectivity index (χ3n) is 8.00. The van der Waals surface area contributed by atoms with Crippen LogP contribution in [0.5, 0.6) is 0 Å². The van der Waals surface area contributed by atoms with Crippen LogP contribution in [0.3, 0.4) is 0 Å². The first-order chi connectivity index (χ1) is 16.8. The van der Waals surface area contributed by atoms with Crippen LogP contribution in [0.25, 0.3) is 11.3 Å². The van der Waals surface area contributed by atoms with Gasteiger partial charge in [-0.1, -0.05) is 12.1 Å². The third-order valence-corrected chi connectivity index (χ3v) is 9.84. The van der Waals surface area contributed by atoms with Gasteiger partial charge in [-0.2, -0.15) is 0 Å². The summed E-state index contributed by atoms with van der Waals surface area (Å²) in [6.07, 6.45) is 1.71. The van der Waals surface area contributed by atoms with Crippen LogP contribution in [-0.2, 0) is 6.54 Å². The van der Waals surface area contributed by atoms with Crippen molar-refractivity contribution in [3.8, 4) is 11.3 Å². The molecule has 1 saturated carbocycles. The van der Waals surface area contributed by atoms with Crippen molar-refractivity contribution in [3.05, 3.63) is 41.5 Å². The van der Waals surface area contributed by atoms with Crippen LogP contribution < -0.4 is 8.61 Å². The van der Waals surface area contributed by atoms with E-state index < -0.39 is 28.4 Å². The first-order valence-electron chi connectivity index (χ1n) is 12.5. The lowest BCUT2D eigenvalue weighted by atomic mass is 9.83. The number of rotatable bonds is 6. The average Bonchev–Trinajstić information content (AvgIpc) is 3.37. The maximum absolute atomic E-state index is 13.6. The first kappa shape index (κ1) is 25.7. The zero-order valence-corrected chi connectivity index (χ0v) is 22.1. The molecule has 5 rings (SSSR count). The fraction of sp³-hybridized carbons (Fsp3) is 0.577. The maximum Gasteiger partial charge on any atom is 0.253 e. The minimum absolute atomic E-state index is 0.119. The topological polar surface area (TPSA) is 83.3 Å². The van der Waals surface area contributed by atoms with E-state index in [4.69, 9.17) is 4.98 Å². The quantitative estimate of drug-likeness (QED) is 0.460. The van der Waals surface area contributed by atoms with Crippen molar-refractivity contribution in [3.63, 3.8) is 0 Å². The van der Waals surface area contributed by atoms with Gasteiger partial charge in [-0.25, -0.2) is 22.4 Å². The van der Waals surface area contributed by atoms with Crippen molar-refractivity contribution >= 4 is 22.5 Å². The Bertz CT molecular complexity index is 1150. The van der Waals surface area contributed by atoms with Gasteiger partial charge in [0.05, 0.1) is 11.3 Å². The molecule has 1 aromatic carbocycles. The molecular weight excluding hydrogens is 486 g/mol. The molecular formula is C26H36F2N4O3S. The highest BCUT2D eigenvalue weighted by molar-refractivity contribution is 8.26. The lowest BCUT2D eigenvalue weighted by molar-refractivity contribution is -0.0136. The smallest absolute Gasteiger partial charge is 0.253 e. The fourth-order valence-corrected chi connectivity index (χ4v) is 6.83. The number of aliphatic hydroxyl groups is 1. The molecule has 3 N–H and O–H groups in total. The van der Waals surface area contributed by atoms with Gasteiger partial charge in [-0.15, -0.1) is 0 Å². The third kappa shape index (κ3) is 4.69. The molecule has 1 saturated heterocycles. The van der Waals surface area contributed by atoms with Gasteiger partial charge in [0.15, 0.2) is 5.82 Å². The van der Waals surface area contributed by atoms with Crippen LogP contribution >= 0.6 is 11.0 Å². The predicted octanol–water partition coefficient (Wildman–Crippen LogP) is 5.53. The van der Waals surface area contributed by atoms with Crippen molar-refractivity contribution < 1.29 is 23.0 Å². The Morgan fingerprint density at radius 3 is 2.42 bits per heavy atom. The minimum atomic E-state index is -3.44. The lowest BCUT2D eigenvalue weighted by Gasteiger charge is -2.41. The second-order valence-electron chi connectivity index (χ2n) is 11.1. The summed E-state index contributed by atoms with van der Waals surface area (Å²) in [7, 11) is -1.90. The summed E-state index contributed by atoms with van der Waals surface area (Å²) in [5, 5.41) is 10.3. The van der Waals surface area contributed by atoms with Crippen molar-refractivity contribution in [1.29, 1.82) is 0 Å². The van der Waals surface area contributed by atoms with Crippen LogP contribution in [0.2, 0.25) is 0 Å². The minimum Gasteiger partial charge on any atom is -0.390 e. The molecule has 7 nitrogen and oxygen atoms in total. The van der Waals surface area contributed by atoms with Crippen LogP contribution in [0, 0.1) is 18.8 Å². The highest BCUT2D eigenvalue weighted by Crippen LogP contribution is 2.62. The van der Waals surface area contributed by atoms with Gasteiger partial charge < -0.3 is 5.11 Å². The molecule has 0 bridgehead atoms. The number of likely N-dealkylation sites (tertiary alicyclic amines) is 1. The van der Waals surface area contributed by atoms with E-state index in [0.717, 1.165) is 49.2 Å². The van der Waals surface area contributed by atoms with Crippen molar-refractivity contribution in [2.45, 2.75) is 58.1 Å². The molecule has 2 aliphatic heterocycles. The summed E-state index contributed by atoms with van der Waals surface area (Å²) < 4.78 is 51.3. The number of piperidine rings is 1. The van der Waals surface area contributed by atoms with E-state index in [1.807, 2.05) is 26.8 Å². The summed E-state index contributed by atoms with van der Waals surface area (Å²) >= 11 is 0. The lowest BCUT2D eigenvalue weighted by Crippen LogP contribution is -2.41. The zero-order valence-electron chi connectivity index (χ0n) is 21.3. The number of hydrogen-bond acceptors (Lipinski definition) is 7. The Balaban J connectivity index is 1.36. The summed E-state index contributed by atoms with van der Waals surface area (Å²) in [6.45, 7) is 8.36. The van der Waals surface area contributed by atoms with E-state index in [-0.39, 0.29) is 13.0 Å². The van der Waals surface area contributed by atoms with E-state index in [2.05, 4.69) is 23.1 Å². The van der Waals surface area contributed by atoms with E-state index in [1.165, 1.54) is 15.7 Å². The van der Waals surface area contributed by atoms with Crippen LogP contribution in [-0.4, -0.2) is 62.3 Å². The standard InChI is InChI=1S/C26H36F2N4O3S/c1-17-5-6-18(15-31-11-9-19(10-12-31)25(2,3)33)13-21(17)22-7-8-23-24(29-22)30(4)36(34,35)32(23)16-20-14-26(20,27)28/h5-8,13,19-20,33-35H,9-12,14-16H2,1-4H3. The number of aryl methyl sites for hydroxylation is 1. The molecule has 1 aliphatic carbocycles. The number of anilines is 2. The number of nitrogens with zero attached hydrogens (tertiary/aromatic N) is 4. The summed E-state index contributed by atoms with van der Waals surface area (Å²) in [5.41, 5.74) is 3.69. The number of aromatic nitrogens is 1. The summed E-state index contributed by atoms with van der Waals surface area (Å²) in [4.78, 5) is 7.16. The Kier molecular flexibility index (Phi) is 6.27. The molecule has 2 fully saturated rings. The molecule has 0 amide bonds. The Labute approximate surface area is 213 Å². The number of hydrogen-bond donors (Lipinski definition) is 3. The Morgan fingerprint density at radius 1 is 1.14 bits per heavy atom. The van der Waals surface area contributed by atoms with E-state index in [0.29, 0.717) is 23.1 Å². The molecule has 0 spiro atoms. The molecule has 1 unspecified atom stereocenters. The van der Waals surface area contributed by atoms with Gasteiger partial charge >= 0.3 is 0 Å². The molecule has 3 aliphatic rings. The van der Waals surface area contributed by atoms with E-state index >= 15 is 0 Å². The largest absolute Gasteiger partial charge is 0.390 e. The first-order valence-corrected chi connectivity index (χ1v) is 14.0. The Morgan fingerprint density at radius 2 is 1.81 bits per heavy atom. The normalized spacial score (nSPS) is 24.6. The van der Waals surface area contributed by atoms with Gasteiger partial charge in [0, 0.05) is 38.0 Å². The van der Waals surface area contributed by atoms with Crippen LogP contribution in [0.1, 0.15) is 44.2 Å². The zero-order chi connectivity index (χ0) is 26.0. The fourth-order valence-electron chi connectivity index (χ4n) is 5.38. The van der Waals surface area contributed by atoms with Crippen LogP contribution in [0.15, 0.2) is 30.3 Å². The predicted molar refractivity (Wildman–Crippen MR) is 140 cm³/mol. The van der Waals surface area contributed by atoms with Crippen molar-refractivity contribution in [1.82, 2.24) is 9.88 Å². The number of halogens is 2.